The van der Waals surface area contributed by atoms with E-state index >= 15 is 0 Å². The molecule has 17 heavy (non-hydrogen) atoms. The summed E-state index contributed by atoms with van der Waals surface area (Å²) in [6.07, 6.45) is 3.35. The van der Waals surface area contributed by atoms with Gasteiger partial charge in [0.1, 0.15) is 0 Å². The Morgan fingerprint density at radius 1 is 0.882 bits per heavy atom. The van der Waals surface area contributed by atoms with E-state index in [1.807, 2.05) is 18.2 Å². The molecular formula is C15H14BrCl. The molecule has 0 saturated carbocycles. The number of benzene rings is 2. The van der Waals surface area contributed by atoms with E-state index in [1.54, 1.807) is 0 Å². The highest BCUT2D eigenvalue weighted by atomic mass is 79.9. The summed E-state index contributed by atoms with van der Waals surface area (Å²) in [6, 6.07) is 16.5. The van der Waals surface area contributed by atoms with Crippen LogP contribution in [-0.2, 0) is 12.8 Å². The highest BCUT2D eigenvalue weighted by molar-refractivity contribution is 9.10. The molecule has 2 aromatic carbocycles. The van der Waals surface area contributed by atoms with Crippen molar-refractivity contribution in [3.8, 4) is 0 Å². The second-order valence-corrected chi connectivity index (χ2v) is 5.36. The standard InChI is InChI=1S/C15H14BrCl/c16-15-7-2-1-5-13(15)6-3-4-12-8-10-14(17)11-9-12/h1-2,5,7-11H,3-4,6H2. The van der Waals surface area contributed by atoms with Gasteiger partial charge in [0, 0.05) is 9.50 Å². The summed E-state index contributed by atoms with van der Waals surface area (Å²) < 4.78 is 1.20. The van der Waals surface area contributed by atoms with E-state index in [-0.39, 0.29) is 0 Å². The van der Waals surface area contributed by atoms with E-state index in [4.69, 9.17) is 11.6 Å². The third-order valence-electron chi connectivity index (χ3n) is 2.78. The molecule has 0 N–H and O–H groups in total. The fourth-order valence-electron chi connectivity index (χ4n) is 1.84. The lowest BCUT2D eigenvalue weighted by molar-refractivity contribution is 0.818. The summed E-state index contributed by atoms with van der Waals surface area (Å²) in [5.74, 6) is 0. The van der Waals surface area contributed by atoms with Gasteiger partial charge in [0.15, 0.2) is 0 Å². The third-order valence-corrected chi connectivity index (χ3v) is 3.81. The molecule has 0 unspecified atom stereocenters. The zero-order chi connectivity index (χ0) is 12.1. The molecule has 0 saturated heterocycles. The van der Waals surface area contributed by atoms with Gasteiger partial charge in [-0.1, -0.05) is 57.9 Å². The number of hydrogen-bond acceptors (Lipinski definition) is 0. The Labute approximate surface area is 116 Å². The Morgan fingerprint density at radius 3 is 2.29 bits per heavy atom. The maximum Gasteiger partial charge on any atom is 0.0406 e. The van der Waals surface area contributed by atoms with Crippen LogP contribution in [0.2, 0.25) is 5.02 Å². The zero-order valence-corrected chi connectivity index (χ0v) is 11.8. The Kier molecular flexibility index (Phi) is 4.64. The van der Waals surface area contributed by atoms with Gasteiger partial charge in [-0.05, 0) is 48.6 Å². The van der Waals surface area contributed by atoms with Crippen molar-refractivity contribution in [2.24, 2.45) is 0 Å². The van der Waals surface area contributed by atoms with Crippen molar-refractivity contribution >= 4 is 27.5 Å². The molecule has 2 aromatic rings. The molecule has 0 fully saturated rings. The minimum Gasteiger partial charge on any atom is -0.0843 e. The smallest absolute Gasteiger partial charge is 0.0406 e. The predicted molar refractivity (Wildman–Crippen MR) is 77.6 cm³/mol. The fourth-order valence-corrected chi connectivity index (χ4v) is 2.44. The molecule has 0 bridgehead atoms. The SMILES string of the molecule is Clc1ccc(CCCc2ccccc2Br)cc1. The first-order chi connectivity index (χ1) is 8.25. The lowest BCUT2D eigenvalue weighted by Gasteiger charge is -2.04. The first kappa shape index (κ1) is 12.7. The van der Waals surface area contributed by atoms with E-state index in [2.05, 4.69) is 46.3 Å². The molecule has 0 heterocycles. The average molecular weight is 310 g/mol. The van der Waals surface area contributed by atoms with Gasteiger partial charge in [0.05, 0.1) is 0 Å². The molecule has 0 nitrogen and oxygen atoms in total. The van der Waals surface area contributed by atoms with Crippen LogP contribution in [0.25, 0.3) is 0 Å². The Balaban J connectivity index is 1.88. The quantitative estimate of drug-likeness (QED) is 0.721. The summed E-state index contributed by atoms with van der Waals surface area (Å²) in [4.78, 5) is 0. The topological polar surface area (TPSA) is 0 Å². The zero-order valence-electron chi connectivity index (χ0n) is 9.50. The second-order valence-electron chi connectivity index (χ2n) is 4.07. The third kappa shape index (κ3) is 3.86. The molecule has 0 radical (unpaired) electrons. The number of hydrogen-bond donors (Lipinski definition) is 0. The molecule has 2 heteroatoms. The summed E-state index contributed by atoms with van der Waals surface area (Å²) in [7, 11) is 0. The van der Waals surface area contributed by atoms with Crippen LogP contribution in [0.5, 0.6) is 0 Å². The molecule has 0 atom stereocenters. The predicted octanol–water partition coefficient (Wildman–Crippen LogP) is 5.28. The summed E-state index contributed by atoms with van der Waals surface area (Å²) >= 11 is 9.43. The van der Waals surface area contributed by atoms with Crippen LogP contribution in [0.4, 0.5) is 0 Å². The molecule has 0 aliphatic carbocycles. The van der Waals surface area contributed by atoms with Crippen molar-refractivity contribution in [1.29, 1.82) is 0 Å². The van der Waals surface area contributed by atoms with E-state index in [0.717, 1.165) is 24.3 Å². The highest BCUT2D eigenvalue weighted by Crippen LogP contribution is 2.18. The maximum atomic E-state index is 5.86. The molecule has 0 spiro atoms. The van der Waals surface area contributed by atoms with Gasteiger partial charge < -0.3 is 0 Å². The largest absolute Gasteiger partial charge is 0.0843 e. The van der Waals surface area contributed by atoms with Gasteiger partial charge in [0.2, 0.25) is 0 Å². The first-order valence-corrected chi connectivity index (χ1v) is 6.90. The van der Waals surface area contributed by atoms with Crippen LogP contribution in [-0.4, -0.2) is 0 Å². The van der Waals surface area contributed by atoms with E-state index in [1.165, 1.54) is 15.6 Å². The normalized spacial score (nSPS) is 10.5. The number of rotatable bonds is 4. The lowest BCUT2D eigenvalue weighted by atomic mass is 10.0. The van der Waals surface area contributed by atoms with E-state index in [0.29, 0.717) is 0 Å². The van der Waals surface area contributed by atoms with Gasteiger partial charge in [0.25, 0.3) is 0 Å². The van der Waals surface area contributed by atoms with Crippen molar-refractivity contribution in [2.45, 2.75) is 19.3 Å². The van der Waals surface area contributed by atoms with Gasteiger partial charge in [-0.2, -0.15) is 0 Å². The summed E-state index contributed by atoms with van der Waals surface area (Å²) in [5, 5.41) is 0.805. The molecule has 0 aliphatic heterocycles. The van der Waals surface area contributed by atoms with Crippen LogP contribution in [0, 0.1) is 0 Å². The molecule has 0 aromatic heterocycles. The minimum atomic E-state index is 0.805. The molecule has 0 aliphatic rings. The van der Waals surface area contributed by atoms with Crippen LogP contribution in [0.1, 0.15) is 17.5 Å². The van der Waals surface area contributed by atoms with Crippen molar-refractivity contribution in [3.63, 3.8) is 0 Å². The number of aryl methyl sites for hydroxylation is 2. The van der Waals surface area contributed by atoms with Crippen LogP contribution < -0.4 is 0 Å². The maximum absolute atomic E-state index is 5.86. The van der Waals surface area contributed by atoms with E-state index in [9.17, 15) is 0 Å². The lowest BCUT2D eigenvalue weighted by Crippen LogP contribution is -1.90. The van der Waals surface area contributed by atoms with Gasteiger partial charge in [-0.25, -0.2) is 0 Å². The van der Waals surface area contributed by atoms with E-state index < -0.39 is 0 Å². The summed E-state index contributed by atoms with van der Waals surface area (Å²) in [5.41, 5.74) is 2.72. The average Bonchev–Trinajstić information content (AvgIpc) is 2.34. The first-order valence-electron chi connectivity index (χ1n) is 5.73. The van der Waals surface area contributed by atoms with Gasteiger partial charge in [-0.3, -0.25) is 0 Å². The van der Waals surface area contributed by atoms with Crippen LogP contribution in [0.3, 0.4) is 0 Å². The molecular weight excluding hydrogens is 296 g/mol. The van der Waals surface area contributed by atoms with Crippen molar-refractivity contribution in [3.05, 3.63) is 69.2 Å². The minimum absolute atomic E-state index is 0.805. The Morgan fingerprint density at radius 2 is 1.59 bits per heavy atom. The summed E-state index contributed by atoms with van der Waals surface area (Å²) in [6.45, 7) is 0. The van der Waals surface area contributed by atoms with Crippen molar-refractivity contribution < 1.29 is 0 Å². The molecule has 88 valence electrons. The number of halogens is 2. The van der Waals surface area contributed by atoms with Crippen LogP contribution >= 0.6 is 27.5 Å². The van der Waals surface area contributed by atoms with Crippen molar-refractivity contribution in [2.75, 3.05) is 0 Å². The highest BCUT2D eigenvalue weighted by Gasteiger charge is 1.99. The monoisotopic (exact) mass is 308 g/mol. The fraction of sp³-hybridized carbons (Fsp3) is 0.200. The van der Waals surface area contributed by atoms with Gasteiger partial charge in [-0.15, -0.1) is 0 Å². The second kappa shape index (κ2) is 6.23. The molecule has 2 rings (SSSR count). The van der Waals surface area contributed by atoms with Crippen molar-refractivity contribution in [1.82, 2.24) is 0 Å². The molecule has 0 amide bonds. The van der Waals surface area contributed by atoms with Crippen LogP contribution in [0.15, 0.2) is 53.0 Å². The Hall–Kier alpha value is -0.790. The van der Waals surface area contributed by atoms with Gasteiger partial charge >= 0.3 is 0 Å². The Bertz CT molecular complexity index is 477.